The van der Waals surface area contributed by atoms with Gasteiger partial charge >= 0.3 is 11.9 Å². The third kappa shape index (κ3) is 5.22. The Morgan fingerprint density at radius 3 is 1.83 bits per heavy atom. The Morgan fingerprint density at radius 1 is 0.806 bits per heavy atom. The summed E-state index contributed by atoms with van der Waals surface area (Å²) in [5.74, 6) is -1.65. The number of carbonyl (C=O) groups excluding carboxylic acids is 2. The van der Waals surface area contributed by atoms with Crippen LogP contribution in [0.25, 0.3) is 0 Å². The number of aromatic hydroxyl groups is 2. The highest BCUT2D eigenvalue weighted by atomic mass is 16.5. The summed E-state index contributed by atoms with van der Waals surface area (Å²) in [6.07, 6.45) is 0.435. The molecule has 0 saturated heterocycles. The molecule has 0 aromatic heterocycles. The van der Waals surface area contributed by atoms with E-state index in [4.69, 9.17) is 28.4 Å². The van der Waals surface area contributed by atoms with Gasteiger partial charge in [0.1, 0.15) is 0 Å². The molecule has 0 unspecified atom stereocenters. The molecular weight excluding hydrogens is 472 g/mol. The lowest BCUT2D eigenvalue weighted by Crippen LogP contribution is -2.37. The van der Waals surface area contributed by atoms with Gasteiger partial charge in [-0.2, -0.15) is 0 Å². The fourth-order valence-corrected chi connectivity index (χ4v) is 4.84. The number of phenolic OH excluding ortho intramolecular Hbond substituents is 2. The zero-order valence-corrected chi connectivity index (χ0v) is 21.2. The predicted octanol–water partition coefficient (Wildman–Crippen LogP) is 3.18. The minimum atomic E-state index is -0.538. The Balaban J connectivity index is 2.33. The summed E-state index contributed by atoms with van der Waals surface area (Å²) in [7, 11) is 5.72. The molecule has 10 heteroatoms. The van der Waals surface area contributed by atoms with Crippen LogP contribution in [0, 0.1) is 11.8 Å². The Kier molecular flexibility index (Phi) is 8.39. The SMILES string of the molecule is COc1cc([C@H]2c3c(cc(OC)c(O)c3OC)C[C@@H](COC(C)=O)[C@@H]2COC(C)=O)cc(OC)c1O. The molecule has 1 aliphatic carbocycles. The van der Waals surface area contributed by atoms with E-state index in [1.807, 2.05) is 0 Å². The molecule has 0 radical (unpaired) electrons. The van der Waals surface area contributed by atoms with Gasteiger partial charge in [0.15, 0.2) is 23.0 Å². The van der Waals surface area contributed by atoms with E-state index in [1.165, 1.54) is 42.3 Å². The van der Waals surface area contributed by atoms with E-state index < -0.39 is 23.8 Å². The van der Waals surface area contributed by atoms with Crippen LogP contribution in [0.1, 0.15) is 36.5 Å². The number of esters is 2. The fourth-order valence-electron chi connectivity index (χ4n) is 4.84. The first-order chi connectivity index (χ1) is 17.2. The van der Waals surface area contributed by atoms with Crippen molar-refractivity contribution in [3.63, 3.8) is 0 Å². The van der Waals surface area contributed by atoms with E-state index in [9.17, 15) is 19.8 Å². The van der Waals surface area contributed by atoms with Gasteiger partial charge in [0, 0.05) is 37.2 Å². The lowest BCUT2D eigenvalue weighted by Gasteiger charge is -2.40. The molecule has 0 spiro atoms. The van der Waals surface area contributed by atoms with Gasteiger partial charge in [-0.25, -0.2) is 0 Å². The second-order valence-electron chi connectivity index (χ2n) is 8.52. The highest BCUT2D eigenvalue weighted by Gasteiger charge is 2.43. The van der Waals surface area contributed by atoms with E-state index in [2.05, 4.69) is 0 Å². The molecule has 0 aliphatic heterocycles. The van der Waals surface area contributed by atoms with Gasteiger partial charge in [-0.1, -0.05) is 0 Å². The van der Waals surface area contributed by atoms with E-state index in [-0.39, 0.29) is 53.6 Å². The van der Waals surface area contributed by atoms with Crippen molar-refractivity contribution in [1.82, 2.24) is 0 Å². The van der Waals surface area contributed by atoms with Crippen molar-refractivity contribution < 1.29 is 48.2 Å². The average Bonchev–Trinajstić information content (AvgIpc) is 2.85. The largest absolute Gasteiger partial charge is 0.502 e. The first-order valence-corrected chi connectivity index (χ1v) is 11.3. The molecule has 2 N–H and O–H groups in total. The summed E-state index contributed by atoms with van der Waals surface area (Å²) in [5, 5.41) is 21.4. The molecule has 196 valence electrons. The molecule has 2 aromatic rings. The Bertz CT molecular complexity index is 1100. The van der Waals surface area contributed by atoms with Crippen molar-refractivity contribution in [3.8, 4) is 34.5 Å². The van der Waals surface area contributed by atoms with Crippen molar-refractivity contribution in [2.45, 2.75) is 26.2 Å². The normalized spacial score (nSPS) is 18.6. The number of carbonyl (C=O) groups is 2. The number of ether oxygens (including phenoxy) is 6. The lowest BCUT2D eigenvalue weighted by atomic mass is 9.66. The number of fused-ring (bicyclic) bond motifs is 1. The maximum Gasteiger partial charge on any atom is 0.302 e. The quantitative estimate of drug-likeness (QED) is 0.491. The van der Waals surface area contributed by atoms with Gasteiger partial charge in [-0.05, 0) is 35.7 Å². The van der Waals surface area contributed by atoms with Crippen molar-refractivity contribution in [2.24, 2.45) is 11.8 Å². The van der Waals surface area contributed by atoms with Crippen LogP contribution >= 0.6 is 0 Å². The predicted molar refractivity (Wildman–Crippen MR) is 128 cm³/mol. The maximum atomic E-state index is 11.8. The molecule has 0 amide bonds. The fraction of sp³-hybridized carbons (Fsp3) is 0.462. The van der Waals surface area contributed by atoms with Gasteiger partial charge in [-0.15, -0.1) is 0 Å². The Hall–Kier alpha value is -3.82. The molecule has 3 rings (SSSR count). The maximum absolute atomic E-state index is 11.8. The van der Waals surface area contributed by atoms with Gasteiger partial charge < -0.3 is 38.6 Å². The summed E-state index contributed by atoms with van der Waals surface area (Å²) in [4.78, 5) is 23.5. The third-order valence-corrected chi connectivity index (χ3v) is 6.44. The molecule has 0 saturated carbocycles. The smallest absolute Gasteiger partial charge is 0.302 e. The van der Waals surface area contributed by atoms with Crippen molar-refractivity contribution in [3.05, 3.63) is 34.9 Å². The third-order valence-electron chi connectivity index (χ3n) is 6.44. The number of phenols is 2. The van der Waals surface area contributed by atoms with E-state index in [0.29, 0.717) is 17.5 Å². The summed E-state index contributed by atoms with van der Waals surface area (Å²) in [6, 6.07) is 5.03. The average molecular weight is 505 g/mol. The van der Waals surface area contributed by atoms with Crippen molar-refractivity contribution in [1.29, 1.82) is 0 Å². The van der Waals surface area contributed by atoms with Crippen LogP contribution in [-0.4, -0.2) is 63.8 Å². The van der Waals surface area contributed by atoms with Crippen molar-refractivity contribution in [2.75, 3.05) is 41.7 Å². The first-order valence-electron chi connectivity index (χ1n) is 11.3. The monoisotopic (exact) mass is 504 g/mol. The van der Waals surface area contributed by atoms with Crippen molar-refractivity contribution >= 4 is 11.9 Å². The van der Waals surface area contributed by atoms with Crippen LogP contribution in [0.4, 0.5) is 0 Å². The summed E-state index contributed by atoms with van der Waals surface area (Å²) in [5.41, 5.74) is 2.10. The van der Waals surface area contributed by atoms with Crippen LogP contribution in [-0.2, 0) is 25.5 Å². The number of hydrogen-bond acceptors (Lipinski definition) is 10. The molecule has 10 nitrogen and oxygen atoms in total. The van der Waals surface area contributed by atoms with E-state index >= 15 is 0 Å². The molecular formula is C26H32O10. The zero-order valence-electron chi connectivity index (χ0n) is 21.2. The highest BCUT2D eigenvalue weighted by Crippen LogP contribution is 2.54. The lowest BCUT2D eigenvalue weighted by molar-refractivity contribution is -0.147. The van der Waals surface area contributed by atoms with Gasteiger partial charge in [0.2, 0.25) is 11.5 Å². The minimum absolute atomic E-state index is 0.00677. The van der Waals surface area contributed by atoms with Crippen LogP contribution in [0.5, 0.6) is 34.5 Å². The Labute approximate surface area is 209 Å². The molecule has 0 heterocycles. The zero-order chi connectivity index (χ0) is 26.6. The standard InChI is InChI=1S/C26H32O10/c1-13(27)35-11-17-7-15-8-21(33-5)25(30)26(34-6)23(15)22(18(17)12-36-14(2)28)16-9-19(31-3)24(29)20(10-16)32-4/h8-10,17-18,22,29-30H,7,11-12H2,1-6H3/t17-,18-,22+/m0/s1. The molecule has 2 aromatic carbocycles. The number of hydrogen-bond donors (Lipinski definition) is 2. The van der Waals surface area contributed by atoms with E-state index in [0.717, 1.165) is 5.56 Å². The molecule has 1 aliphatic rings. The minimum Gasteiger partial charge on any atom is -0.502 e. The number of rotatable bonds is 9. The summed E-state index contributed by atoms with van der Waals surface area (Å²) >= 11 is 0. The number of methoxy groups -OCH3 is 4. The van der Waals surface area contributed by atoms with Crippen LogP contribution in [0.2, 0.25) is 0 Å². The van der Waals surface area contributed by atoms with Crippen LogP contribution in [0.15, 0.2) is 18.2 Å². The molecule has 0 bridgehead atoms. The molecule has 36 heavy (non-hydrogen) atoms. The summed E-state index contributed by atoms with van der Waals surface area (Å²) in [6.45, 7) is 2.73. The van der Waals surface area contributed by atoms with Crippen LogP contribution < -0.4 is 18.9 Å². The molecule has 3 atom stereocenters. The molecule has 0 fully saturated rings. The van der Waals surface area contributed by atoms with Gasteiger partial charge in [0.05, 0.1) is 41.7 Å². The van der Waals surface area contributed by atoms with Gasteiger partial charge in [-0.3, -0.25) is 9.59 Å². The summed E-state index contributed by atoms with van der Waals surface area (Å²) < 4.78 is 32.6. The number of benzene rings is 2. The first kappa shape index (κ1) is 26.8. The topological polar surface area (TPSA) is 130 Å². The second-order valence-corrected chi connectivity index (χ2v) is 8.52. The Morgan fingerprint density at radius 2 is 1.33 bits per heavy atom. The van der Waals surface area contributed by atoms with E-state index in [1.54, 1.807) is 18.2 Å². The second kappa shape index (κ2) is 11.3. The van der Waals surface area contributed by atoms with Gasteiger partial charge in [0.25, 0.3) is 0 Å². The van der Waals surface area contributed by atoms with Crippen LogP contribution in [0.3, 0.4) is 0 Å². The highest BCUT2D eigenvalue weighted by molar-refractivity contribution is 5.67.